The van der Waals surface area contributed by atoms with Gasteiger partial charge in [-0.2, -0.15) is 5.10 Å². The molecule has 0 radical (unpaired) electrons. The highest BCUT2D eigenvalue weighted by Gasteiger charge is 2.12. The van der Waals surface area contributed by atoms with Crippen molar-refractivity contribution in [2.24, 2.45) is 0 Å². The Morgan fingerprint density at radius 1 is 1.12 bits per heavy atom. The van der Waals surface area contributed by atoms with E-state index in [0.717, 1.165) is 27.0 Å². The molecule has 6 nitrogen and oxygen atoms in total. The Bertz CT molecular complexity index is 1020. The first-order valence-electron chi connectivity index (χ1n) is 8.13. The number of nitrogens with zero attached hydrogens (tertiary/aromatic N) is 3. The zero-order valence-electron chi connectivity index (χ0n) is 14.8. The van der Waals surface area contributed by atoms with E-state index in [-0.39, 0.29) is 18.0 Å². The van der Waals surface area contributed by atoms with Crippen molar-refractivity contribution in [1.29, 1.82) is 0 Å². The largest absolute Gasteiger partial charge is 0.309 e. The average molecular weight is 415 g/mol. The summed E-state index contributed by atoms with van der Waals surface area (Å²) in [4.78, 5) is 24.3. The predicted octanol–water partition coefficient (Wildman–Crippen LogP) is 3.36. The molecule has 0 atom stereocenters. The molecule has 134 valence electrons. The maximum atomic E-state index is 12.4. The number of rotatable bonds is 4. The van der Waals surface area contributed by atoms with E-state index >= 15 is 0 Å². The number of carbonyl (C=O) groups is 1. The Kier molecular flexibility index (Phi) is 5.08. The summed E-state index contributed by atoms with van der Waals surface area (Å²) in [5.41, 5.74) is 3.67. The van der Waals surface area contributed by atoms with E-state index in [4.69, 9.17) is 0 Å². The van der Waals surface area contributed by atoms with Crippen LogP contribution < -0.4 is 10.9 Å². The van der Waals surface area contributed by atoms with Gasteiger partial charge < -0.3 is 9.88 Å². The van der Waals surface area contributed by atoms with Gasteiger partial charge in [0.1, 0.15) is 12.4 Å². The molecule has 3 aromatic rings. The van der Waals surface area contributed by atoms with Crippen molar-refractivity contribution in [2.75, 3.05) is 5.32 Å². The highest BCUT2D eigenvalue weighted by molar-refractivity contribution is 9.10. The van der Waals surface area contributed by atoms with Crippen LogP contribution in [0.25, 0.3) is 5.69 Å². The van der Waals surface area contributed by atoms with Crippen LogP contribution in [0.3, 0.4) is 0 Å². The molecule has 7 heteroatoms. The van der Waals surface area contributed by atoms with Crippen molar-refractivity contribution < 1.29 is 4.79 Å². The lowest BCUT2D eigenvalue weighted by molar-refractivity contribution is -0.116. The Balaban J connectivity index is 1.87. The summed E-state index contributed by atoms with van der Waals surface area (Å²) in [7, 11) is 0. The van der Waals surface area contributed by atoms with Crippen LogP contribution in [0.5, 0.6) is 0 Å². The molecule has 1 aromatic carbocycles. The standard InChI is InChI=1S/C19H19BrN4O2/c1-12-6-13(2)8-16(7-12)24-17(9-14(3)22-24)21-18(25)11-23-10-15(20)4-5-19(23)26/h4-10H,11H2,1-3H3,(H,21,25). The molecule has 0 bridgehead atoms. The van der Waals surface area contributed by atoms with E-state index in [1.54, 1.807) is 23.0 Å². The summed E-state index contributed by atoms with van der Waals surface area (Å²) >= 11 is 3.31. The van der Waals surface area contributed by atoms with Crippen molar-refractivity contribution in [3.63, 3.8) is 0 Å². The second kappa shape index (κ2) is 7.29. The maximum Gasteiger partial charge on any atom is 0.251 e. The fourth-order valence-electron chi connectivity index (χ4n) is 2.82. The molecule has 0 unspecified atom stereocenters. The lowest BCUT2D eigenvalue weighted by atomic mass is 10.1. The minimum atomic E-state index is -0.296. The van der Waals surface area contributed by atoms with Gasteiger partial charge in [-0.15, -0.1) is 0 Å². The molecule has 26 heavy (non-hydrogen) atoms. The van der Waals surface area contributed by atoms with Crippen molar-refractivity contribution in [3.8, 4) is 5.69 Å². The molecule has 1 amide bonds. The molecule has 1 N–H and O–H groups in total. The fraction of sp³-hybridized carbons (Fsp3) is 0.211. The van der Waals surface area contributed by atoms with Crippen molar-refractivity contribution in [2.45, 2.75) is 27.3 Å². The van der Waals surface area contributed by atoms with Crippen molar-refractivity contribution >= 4 is 27.7 Å². The van der Waals surface area contributed by atoms with Crippen molar-refractivity contribution in [1.82, 2.24) is 14.3 Å². The highest BCUT2D eigenvalue weighted by atomic mass is 79.9. The number of anilines is 1. The van der Waals surface area contributed by atoms with Crippen LogP contribution >= 0.6 is 15.9 Å². The Labute approximate surface area is 159 Å². The van der Waals surface area contributed by atoms with Gasteiger partial charge in [0, 0.05) is 22.8 Å². The van der Waals surface area contributed by atoms with Gasteiger partial charge >= 0.3 is 0 Å². The number of pyridine rings is 1. The predicted molar refractivity (Wildman–Crippen MR) is 105 cm³/mol. The van der Waals surface area contributed by atoms with Gasteiger partial charge in [-0.25, -0.2) is 4.68 Å². The lowest BCUT2D eigenvalue weighted by Crippen LogP contribution is -2.27. The molecule has 0 aliphatic rings. The third-order valence-electron chi connectivity index (χ3n) is 3.81. The smallest absolute Gasteiger partial charge is 0.251 e. The lowest BCUT2D eigenvalue weighted by Gasteiger charge is -2.11. The molecule has 0 saturated heterocycles. The van der Waals surface area contributed by atoms with E-state index in [0.29, 0.717) is 5.82 Å². The normalized spacial score (nSPS) is 10.8. The van der Waals surface area contributed by atoms with Crippen LogP contribution in [0.4, 0.5) is 5.82 Å². The van der Waals surface area contributed by atoms with Gasteiger partial charge in [-0.05, 0) is 66.0 Å². The number of hydrogen-bond donors (Lipinski definition) is 1. The molecule has 0 aliphatic heterocycles. The summed E-state index contributed by atoms with van der Waals surface area (Å²) in [5.74, 6) is 0.274. The Morgan fingerprint density at radius 2 is 1.81 bits per heavy atom. The van der Waals surface area contributed by atoms with E-state index < -0.39 is 0 Å². The monoisotopic (exact) mass is 414 g/mol. The molecule has 0 aliphatic carbocycles. The number of benzene rings is 1. The zero-order chi connectivity index (χ0) is 18.8. The number of nitrogens with one attached hydrogen (secondary N) is 1. The summed E-state index contributed by atoms with van der Waals surface area (Å²) < 4.78 is 3.79. The molecule has 0 saturated carbocycles. The molecule has 2 heterocycles. The SMILES string of the molecule is Cc1cc(C)cc(-n2nc(C)cc2NC(=O)Cn2cc(Br)ccc2=O)c1. The third-order valence-corrected chi connectivity index (χ3v) is 4.28. The number of aromatic nitrogens is 3. The van der Waals surface area contributed by atoms with E-state index in [1.165, 1.54) is 10.6 Å². The molecule has 2 aromatic heterocycles. The number of hydrogen-bond acceptors (Lipinski definition) is 3. The third kappa shape index (κ3) is 4.11. The summed E-state index contributed by atoms with van der Waals surface area (Å²) in [6, 6.07) is 11.0. The van der Waals surface area contributed by atoms with Crippen LogP contribution in [0.15, 0.2) is 51.9 Å². The van der Waals surface area contributed by atoms with Crippen LogP contribution in [0.1, 0.15) is 16.8 Å². The van der Waals surface area contributed by atoms with Gasteiger partial charge in [0.2, 0.25) is 5.91 Å². The van der Waals surface area contributed by atoms with Gasteiger partial charge in [-0.1, -0.05) is 6.07 Å². The number of halogens is 1. The average Bonchev–Trinajstić information content (AvgIpc) is 2.90. The van der Waals surface area contributed by atoms with Gasteiger partial charge in [0.05, 0.1) is 11.4 Å². The second-order valence-electron chi connectivity index (χ2n) is 6.29. The number of aryl methyl sites for hydroxylation is 3. The molecule has 3 rings (SSSR count). The second-order valence-corrected chi connectivity index (χ2v) is 7.21. The van der Waals surface area contributed by atoms with Crippen molar-refractivity contribution in [3.05, 3.63) is 74.2 Å². The molecular formula is C19H19BrN4O2. The highest BCUT2D eigenvalue weighted by Crippen LogP contribution is 2.20. The zero-order valence-corrected chi connectivity index (χ0v) is 16.4. The first-order valence-corrected chi connectivity index (χ1v) is 8.92. The summed E-state index contributed by atoms with van der Waals surface area (Å²) in [5, 5.41) is 7.33. The van der Waals surface area contributed by atoms with E-state index in [9.17, 15) is 9.59 Å². The van der Waals surface area contributed by atoms with Crippen LogP contribution in [-0.2, 0) is 11.3 Å². The fourth-order valence-corrected chi connectivity index (χ4v) is 3.20. The van der Waals surface area contributed by atoms with Gasteiger partial charge in [0.15, 0.2) is 0 Å². The maximum absolute atomic E-state index is 12.4. The Hall–Kier alpha value is -2.67. The molecule has 0 fully saturated rings. The Morgan fingerprint density at radius 3 is 2.50 bits per heavy atom. The first kappa shape index (κ1) is 18.1. The van der Waals surface area contributed by atoms with Crippen LogP contribution in [0, 0.1) is 20.8 Å². The number of carbonyl (C=O) groups excluding carboxylic acids is 1. The number of amides is 1. The van der Waals surface area contributed by atoms with Gasteiger partial charge in [0.25, 0.3) is 5.56 Å². The minimum Gasteiger partial charge on any atom is -0.309 e. The minimum absolute atomic E-state index is 0.0741. The van der Waals surface area contributed by atoms with Gasteiger partial charge in [-0.3, -0.25) is 9.59 Å². The summed E-state index contributed by atoms with van der Waals surface area (Å²) in [6.45, 7) is 5.83. The molecule has 0 spiro atoms. The molecular weight excluding hydrogens is 396 g/mol. The quantitative estimate of drug-likeness (QED) is 0.711. The van der Waals surface area contributed by atoms with Crippen LogP contribution in [0.2, 0.25) is 0 Å². The van der Waals surface area contributed by atoms with E-state index in [1.807, 2.05) is 32.9 Å². The summed E-state index contributed by atoms with van der Waals surface area (Å²) in [6.07, 6.45) is 1.59. The van der Waals surface area contributed by atoms with Crippen LogP contribution in [-0.4, -0.2) is 20.3 Å². The topological polar surface area (TPSA) is 68.9 Å². The van der Waals surface area contributed by atoms with E-state index in [2.05, 4.69) is 32.4 Å². The first-order chi connectivity index (χ1) is 12.3.